The maximum absolute atomic E-state index is 11.8. The maximum atomic E-state index is 11.8. The summed E-state index contributed by atoms with van der Waals surface area (Å²) >= 11 is 1.72. The van der Waals surface area contributed by atoms with Crippen molar-refractivity contribution >= 4 is 28.3 Å². The fourth-order valence-corrected chi connectivity index (χ4v) is 3.53. The largest absolute Gasteiger partial charge is 0.356 e. The van der Waals surface area contributed by atoms with Crippen LogP contribution in [-0.4, -0.2) is 55.6 Å². The molecule has 2 heterocycles. The van der Waals surface area contributed by atoms with Gasteiger partial charge in [-0.25, -0.2) is 4.98 Å². The summed E-state index contributed by atoms with van der Waals surface area (Å²) in [4.78, 5) is 23.0. The number of rotatable bonds is 6. The van der Waals surface area contributed by atoms with E-state index in [1.54, 1.807) is 18.4 Å². The van der Waals surface area contributed by atoms with Gasteiger partial charge in [0.05, 0.1) is 12.2 Å². The van der Waals surface area contributed by atoms with E-state index in [9.17, 15) is 4.79 Å². The summed E-state index contributed by atoms with van der Waals surface area (Å²) in [5.74, 6) is 0.573. The lowest BCUT2D eigenvalue weighted by Crippen LogP contribution is -2.48. The number of hydrogen-bond acceptors (Lipinski definition) is 5. The molecule has 0 unspecified atom stereocenters. The normalized spacial score (nSPS) is 15.4. The van der Waals surface area contributed by atoms with Crippen molar-refractivity contribution in [3.05, 3.63) is 11.1 Å². The second-order valence-corrected chi connectivity index (χ2v) is 8.05. The number of anilines is 1. The molecule has 2 rings (SSSR count). The second-order valence-electron chi connectivity index (χ2n) is 7.22. The summed E-state index contributed by atoms with van der Waals surface area (Å²) in [6.07, 6.45) is 3.36. The van der Waals surface area contributed by atoms with Gasteiger partial charge in [-0.2, -0.15) is 0 Å². The van der Waals surface area contributed by atoms with E-state index in [1.165, 1.54) is 12.8 Å². The molecule has 0 saturated carbocycles. The van der Waals surface area contributed by atoms with Crippen LogP contribution in [0.5, 0.6) is 0 Å². The Hall–Kier alpha value is -1.83. The van der Waals surface area contributed by atoms with Crippen molar-refractivity contribution in [2.75, 3.05) is 38.1 Å². The van der Waals surface area contributed by atoms with E-state index >= 15 is 0 Å². The summed E-state index contributed by atoms with van der Waals surface area (Å²) < 4.78 is 0. The summed E-state index contributed by atoms with van der Waals surface area (Å²) in [6.45, 7) is 9.06. The second kappa shape index (κ2) is 9.03. The van der Waals surface area contributed by atoms with E-state index in [0.717, 1.165) is 36.9 Å². The fraction of sp³-hybridized carbons (Fsp3) is 0.706. The molecule has 8 heteroatoms. The standard InChI is InChI=1S/C17H30N6OS/c1-17(2,3)22-14(24)11-20-15(18-4)19-8-7-13-12-25-16(21-13)23-9-5-6-10-23/h12H,5-11H2,1-4H3,(H,22,24)(H2,18,19,20). The van der Waals surface area contributed by atoms with Crippen LogP contribution in [0.15, 0.2) is 10.4 Å². The molecule has 1 amide bonds. The van der Waals surface area contributed by atoms with Crippen molar-refractivity contribution in [2.45, 2.75) is 45.6 Å². The number of nitrogens with zero attached hydrogens (tertiary/aromatic N) is 3. The summed E-state index contributed by atoms with van der Waals surface area (Å²) in [5, 5.41) is 12.4. The monoisotopic (exact) mass is 366 g/mol. The number of thiazole rings is 1. The first-order chi connectivity index (χ1) is 11.9. The number of aromatic nitrogens is 1. The summed E-state index contributed by atoms with van der Waals surface area (Å²) in [5.41, 5.74) is 0.869. The minimum atomic E-state index is -0.229. The maximum Gasteiger partial charge on any atom is 0.239 e. The third kappa shape index (κ3) is 6.89. The molecule has 1 aliphatic heterocycles. The first kappa shape index (κ1) is 19.5. The third-order valence-corrected chi connectivity index (χ3v) is 4.69. The van der Waals surface area contributed by atoms with E-state index in [1.807, 2.05) is 20.8 Å². The van der Waals surface area contributed by atoms with E-state index in [2.05, 4.69) is 31.2 Å². The van der Waals surface area contributed by atoms with Crippen molar-refractivity contribution in [3.8, 4) is 0 Å². The lowest BCUT2D eigenvalue weighted by molar-refractivity contribution is -0.121. The highest BCUT2D eigenvalue weighted by Crippen LogP contribution is 2.24. The first-order valence-corrected chi connectivity index (χ1v) is 9.70. The van der Waals surface area contributed by atoms with Crippen LogP contribution >= 0.6 is 11.3 Å². The van der Waals surface area contributed by atoms with Gasteiger partial charge in [0.1, 0.15) is 0 Å². The van der Waals surface area contributed by atoms with Crippen molar-refractivity contribution in [3.63, 3.8) is 0 Å². The van der Waals surface area contributed by atoms with Gasteiger partial charge in [-0.05, 0) is 33.6 Å². The number of nitrogens with one attached hydrogen (secondary N) is 3. The summed E-state index contributed by atoms with van der Waals surface area (Å²) in [7, 11) is 1.70. The van der Waals surface area contributed by atoms with Crippen LogP contribution in [0.1, 0.15) is 39.3 Å². The highest BCUT2D eigenvalue weighted by Gasteiger charge is 2.16. The molecule has 1 aromatic heterocycles. The Morgan fingerprint density at radius 1 is 1.32 bits per heavy atom. The molecule has 0 bridgehead atoms. The molecule has 1 aliphatic rings. The lowest BCUT2D eigenvalue weighted by atomic mass is 10.1. The molecule has 25 heavy (non-hydrogen) atoms. The van der Waals surface area contributed by atoms with Crippen molar-refractivity contribution in [2.24, 2.45) is 4.99 Å². The van der Waals surface area contributed by atoms with Gasteiger partial charge in [-0.1, -0.05) is 0 Å². The van der Waals surface area contributed by atoms with Gasteiger partial charge in [0.25, 0.3) is 0 Å². The average Bonchev–Trinajstić information content (AvgIpc) is 3.19. The fourth-order valence-electron chi connectivity index (χ4n) is 2.62. The number of hydrogen-bond donors (Lipinski definition) is 3. The smallest absolute Gasteiger partial charge is 0.239 e. The van der Waals surface area contributed by atoms with Gasteiger partial charge in [0.15, 0.2) is 11.1 Å². The van der Waals surface area contributed by atoms with E-state index in [0.29, 0.717) is 5.96 Å². The highest BCUT2D eigenvalue weighted by molar-refractivity contribution is 7.13. The van der Waals surface area contributed by atoms with Crippen molar-refractivity contribution in [1.29, 1.82) is 0 Å². The molecule has 0 radical (unpaired) electrons. The zero-order valence-corrected chi connectivity index (χ0v) is 16.5. The van der Waals surface area contributed by atoms with Crippen LogP contribution in [0, 0.1) is 0 Å². The van der Waals surface area contributed by atoms with Gasteiger partial charge in [0.2, 0.25) is 5.91 Å². The Morgan fingerprint density at radius 3 is 2.68 bits per heavy atom. The van der Waals surface area contributed by atoms with E-state index in [4.69, 9.17) is 4.98 Å². The van der Waals surface area contributed by atoms with Crippen LogP contribution in [0.4, 0.5) is 5.13 Å². The van der Waals surface area contributed by atoms with Crippen LogP contribution in [0.3, 0.4) is 0 Å². The lowest BCUT2D eigenvalue weighted by Gasteiger charge is -2.21. The Kier molecular flexibility index (Phi) is 7.04. The molecule has 0 aliphatic carbocycles. The average molecular weight is 367 g/mol. The van der Waals surface area contributed by atoms with Crippen molar-refractivity contribution < 1.29 is 4.79 Å². The predicted octanol–water partition coefficient (Wildman–Crippen LogP) is 1.37. The molecule has 0 spiro atoms. The number of aliphatic imine (C=N–C) groups is 1. The molecular weight excluding hydrogens is 336 g/mol. The van der Waals surface area contributed by atoms with Crippen LogP contribution in [-0.2, 0) is 11.2 Å². The van der Waals surface area contributed by atoms with E-state index < -0.39 is 0 Å². The van der Waals surface area contributed by atoms with Gasteiger partial charge in [0, 0.05) is 44.0 Å². The number of guanidine groups is 1. The van der Waals surface area contributed by atoms with Crippen LogP contribution in [0.2, 0.25) is 0 Å². The molecule has 1 fully saturated rings. The summed E-state index contributed by atoms with van der Waals surface area (Å²) in [6, 6.07) is 0. The molecule has 7 nitrogen and oxygen atoms in total. The Balaban J connectivity index is 1.69. The topological polar surface area (TPSA) is 81.7 Å². The molecule has 140 valence electrons. The highest BCUT2D eigenvalue weighted by atomic mass is 32.1. The molecule has 1 saturated heterocycles. The minimum Gasteiger partial charge on any atom is -0.356 e. The Bertz CT molecular complexity index is 586. The van der Waals surface area contributed by atoms with Crippen LogP contribution < -0.4 is 20.9 Å². The predicted molar refractivity (Wildman–Crippen MR) is 105 cm³/mol. The molecule has 3 N–H and O–H groups in total. The number of carbonyl (C=O) groups is 1. The molecular formula is C17H30N6OS. The zero-order valence-electron chi connectivity index (χ0n) is 15.7. The first-order valence-electron chi connectivity index (χ1n) is 8.82. The Morgan fingerprint density at radius 2 is 2.04 bits per heavy atom. The number of amides is 1. The van der Waals surface area contributed by atoms with Gasteiger partial charge in [-0.3, -0.25) is 9.79 Å². The SMILES string of the molecule is CN=C(NCCc1csc(N2CCCC2)n1)NCC(=O)NC(C)(C)C. The molecule has 0 atom stereocenters. The molecule has 1 aromatic rings. The van der Waals surface area contributed by atoms with Gasteiger partial charge >= 0.3 is 0 Å². The molecule has 0 aromatic carbocycles. The zero-order chi connectivity index (χ0) is 18.3. The van der Waals surface area contributed by atoms with Gasteiger partial charge in [-0.15, -0.1) is 11.3 Å². The van der Waals surface area contributed by atoms with E-state index in [-0.39, 0.29) is 18.0 Å². The van der Waals surface area contributed by atoms with Crippen LogP contribution in [0.25, 0.3) is 0 Å². The minimum absolute atomic E-state index is 0.0507. The quantitative estimate of drug-likeness (QED) is 0.523. The van der Waals surface area contributed by atoms with Gasteiger partial charge < -0.3 is 20.9 Å². The van der Waals surface area contributed by atoms with Crippen molar-refractivity contribution in [1.82, 2.24) is 20.9 Å². The Labute approximate surface area is 154 Å². The number of carbonyl (C=O) groups excluding carboxylic acids is 1. The third-order valence-electron chi connectivity index (χ3n) is 3.74.